The summed E-state index contributed by atoms with van der Waals surface area (Å²) in [7, 11) is 0. The second kappa shape index (κ2) is 3.90. The van der Waals surface area contributed by atoms with Crippen LogP contribution in [0, 0.1) is 2.88 Å². The van der Waals surface area contributed by atoms with E-state index in [2.05, 4.69) is 39.2 Å². The van der Waals surface area contributed by atoms with Gasteiger partial charge in [0, 0.05) is 16.5 Å². The van der Waals surface area contributed by atoms with Gasteiger partial charge in [-0.15, -0.1) is 11.3 Å². The fraction of sp³-hybridized carbons (Fsp3) is 0.222. The molecule has 0 unspecified atom stereocenters. The minimum Gasteiger partial charge on any atom is -0.367 e. The van der Waals surface area contributed by atoms with Crippen molar-refractivity contribution in [3.63, 3.8) is 0 Å². The summed E-state index contributed by atoms with van der Waals surface area (Å²) in [6.45, 7) is 2.05. The minimum absolute atomic E-state index is 0.434. The molecule has 2 aromatic rings. The van der Waals surface area contributed by atoms with Gasteiger partial charge in [-0.25, -0.2) is 0 Å². The van der Waals surface area contributed by atoms with Crippen molar-refractivity contribution in [3.8, 4) is 11.3 Å². The standard InChI is InChI=1S/C9H9IN2OS/c1-2-6-8(12-13-9(6)11)5-3-7(10)14-4-5/h3-4H,2,11H2,1H3. The molecule has 0 fully saturated rings. The molecule has 74 valence electrons. The van der Waals surface area contributed by atoms with Crippen molar-refractivity contribution in [2.24, 2.45) is 0 Å². The van der Waals surface area contributed by atoms with Crippen molar-refractivity contribution >= 4 is 39.8 Å². The van der Waals surface area contributed by atoms with E-state index in [1.54, 1.807) is 11.3 Å². The molecule has 0 bridgehead atoms. The summed E-state index contributed by atoms with van der Waals surface area (Å²) >= 11 is 3.98. The monoisotopic (exact) mass is 320 g/mol. The number of rotatable bonds is 2. The van der Waals surface area contributed by atoms with Gasteiger partial charge in [0.25, 0.3) is 0 Å². The number of hydrogen-bond donors (Lipinski definition) is 1. The van der Waals surface area contributed by atoms with Gasteiger partial charge in [-0.05, 0) is 35.1 Å². The Kier molecular flexibility index (Phi) is 2.78. The van der Waals surface area contributed by atoms with Crippen LogP contribution < -0.4 is 5.73 Å². The number of aromatic nitrogens is 1. The van der Waals surface area contributed by atoms with Crippen LogP contribution in [-0.2, 0) is 6.42 Å². The minimum atomic E-state index is 0.434. The summed E-state index contributed by atoms with van der Waals surface area (Å²) in [6.07, 6.45) is 0.844. The van der Waals surface area contributed by atoms with E-state index in [9.17, 15) is 0 Å². The molecule has 2 aromatic heterocycles. The van der Waals surface area contributed by atoms with Gasteiger partial charge in [-0.2, -0.15) is 0 Å². The maximum absolute atomic E-state index is 5.67. The van der Waals surface area contributed by atoms with E-state index in [4.69, 9.17) is 10.3 Å². The molecule has 3 nitrogen and oxygen atoms in total. The lowest BCUT2D eigenvalue weighted by Crippen LogP contribution is -1.88. The van der Waals surface area contributed by atoms with Crippen LogP contribution in [0.5, 0.6) is 0 Å². The first-order chi connectivity index (χ1) is 6.72. The van der Waals surface area contributed by atoms with Crippen molar-refractivity contribution in [2.45, 2.75) is 13.3 Å². The fourth-order valence-corrected chi connectivity index (χ4v) is 2.66. The molecular weight excluding hydrogens is 311 g/mol. The summed E-state index contributed by atoms with van der Waals surface area (Å²) < 4.78 is 6.22. The van der Waals surface area contributed by atoms with E-state index in [-0.39, 0.29) is 0 Å². The maximum Gasteiger partial charge on any atom is 0.225 e. The Balaban J connectivity index is 2.51. The van der Waals surface area contributed by atoms with Gasteiger partial charge in [0.2, 0.25) is 5.88 Å². The highest BCUT2D eigenvalue weighted by atomic mass is 127. The number of halogens is 1. The second-order valence-corrected chi connectivity index (χ2v) is 5.67. The van der Waals surface area contributed by atoms with Gasteiger partial charge in [0.15, 0.2) is 0 Å². The summed E-state index contributed by atoms with van der Waals surface area (Å²) in [5.41, 5.74) is 8.64. The second-order valence-electron chi connectivity index (χ2n) is 2.87. The molecule has 2 rings (SSSR count). The topological polar surface area (TPSA) is 52.0 Å². The molecule has 0 aliphatic rings. The van der Waals surface area contributed by atoms with Crippen LogP contribution in [0.15, 0.2) is 16.0 Å². The van der Waals surface area contributed by atoms with E-state index in [1.807, 2.05) is 6.92 Å². The molecule has 0 atom stereocenters. The number of nitrogen functional groups attached to an aromatic ring is 1. The third-order valence-corrected chi connectivity index (χ3v) is 3.80. The van der Waals surface area contributed by atoms with Crippen LogP contribution in [0.2, 0.25) is 0 Å². The van der Waals surface area contributed by atoms with E-state index in [0.717, 1.165) is 23.2 Å². The first-order valence-corrected chi connectivity index (χ1v) is 6.16. The van der Waals surface area contributed by atoms with Crippen LogP contribution in [-0.4, -0.2) is 5.16 Å². The first kappa shape index (κ1) is 9.97. The Bertz CT molecular complexity index is 449. The Morgan fingerprint density at radius 3 is 3.00 bits per heavy atom. The molecular formula is C9H9IN2OS. The zero-order chi connectivity index (χ0) is 10.1. The average molecular weight is 320 g/mol. The highest BCUT2D eigenvalue weighted by Gasteiger charge is 2.14. The van der Waals surface area contributed by atoms with E-state index in [1.165, 1.54) is 2.88 Å². The first-order valence-electron chi connectivity index (χ1n) is 4.20. The highest BCUT2D eigenvalue weighted by Crippen LogP contribution is 2.31. The molecule has 0 aliphatic heterocycles. The van der Waals surface area contributed by atoms with E-state index in [0.29, 0.717) is 5.88 Å². The molecule has 0 aromatic carbocycles. The number of nitrogens with two attached hydrogens (primary N) is 1. The fourth-order valence-electron chi connectivity index (χ4n) is 1.32. The maximum atomic E-state index is 5.67. The molecule has 2 N–H and O–H groups in total. The Morgan fingerprint density at radius 1 is 1.64 bits per heavy atom. The normalized spacial score (nSPS) is 10.7. The SMILES string of the molecule is CCc1c(-c2csc(I)c2)noc1N. The van der Waals surface area contributed by atoms with Crippen LogP contribution in [0.1, 0.15) is 12.5 Å². The summed E-state index contributed by atoms with van der Waals surface area (Å²) in [6, 6.07) is 2.08. The highest BCUT2D eigenvalue weighted by molar-refractivity contribution is 14.1. The zero-order valence-electron chi connectivity index (χ0n) is 7.58. The van der Waals surface area contributed by atoms with Crippen molar-refractivity contribution in [1.82, 2.24) is 5.16 Å². The number of thiophene rings is 1. The largest absolute Gasteiger partial charge is 0.367 e. The Labute approximate surface area is 99.4 Å². The number of anilines is 1. The Hall–Kier alpha value is -0.560. The van der Waals surface area contributed by atoms with Gasteiger partial charge in [0.1, 0.15) is 5.69 Å². The third kappa shape index (κ3) is 1.66. The van der Waals surface area contributed by atoms with Gasteiger partial charge in [-0.1, -0.05) is 12.1 Å². The molecule has 0 aliphatic carbocycles. The summed E-state index contributed by atoms with van der Waals surface area (Å²) in [4.78, 5) is 0. The number of nitrogens with zero attached hydrogens (tertiary/aromatic N) is 1. The van der Waals surface area contributed by atoms with Crippen molar-refractivity contribution in [1.29, 1.82) is 0 Å². The van der Waals surface area contributed by atoms with Gasteiger partial charge >= 0.3 is 0 Å². The van der Waals surface area contributed by atoms with Crippen molar-refractivity contribution < 1.29 is 4.52 Å². The molecule has 14 heavy (non-hydrogen) atoms. The lowest BCUT2D eigenvalue weighted by molar-refractivity contribution is 0.438. The van der Waals surface area contributed by atoms with Crippen LogP contribution in [0.3, 0.4) is 0 Å². The molecule has 2 heterocycles. The predicted octanol–water partition coefficient (Wildman–Crippen LogP) is 3.15. The van der Waals surface area contributed by atoms with Gasteiger partial charge in [0.05, 0.1) is 2.88 Å². The van der Waals surface area contributed by atoms with E-state index < -0.39 is 0 Å². The lowest BCUT2D eigenvalue weighted by atomic mass is 10.1. The molecule has 0 spiro atoms. The smallest absolute Gasteiger partial charge is 0.225 e. The van der Waals surface area contributed by atoms with Crippen LogP contribution in [0.4, 0.5) is 5.88 Å². The summed E-state index contributed by atoms with van der Waals surface area (Å²) in [5, 5.41) is 6.04. The third-order valence-electron chi connectivity index (χ3n) is 2.01. The van der Waals surface area contributed by atoms with Crippen LogP contribution in [0.25, 0.3) is 11.3 Å². The summed E-state index contributed by atoms with van der Waals surface area (Å²) in [5.74, 6) is 0.434. The van der Waals surface area contributed by atoms with Crippen molar-refractivity contribution in [2.75, 3.05) is 5.73 Å². The van der Waals surface area contributed by atoms with Crippen LogP contribution >= 0.6 is 33.9 Å². The molecule has 0 radical (unpaired) electrons. The number of hydrogen-bond acceptors (Lipinski definition) is 4. The quantitative estimate of drug-likeness (QED) is 0.865. The van der Waals surface area contributed by atoms with Gasteiger partial charge < -0.3 is 10.3 Å². The molecule has 0 saturated carbocycles. The predicted molar refractivity (Wildman–Crippen MR) is 66.3 cm³/mol. The van der Waals surface area contributed by atoms with Gasteiger partial charge in [-0.3, -0.25) is 0 Å². The Morgan fingerprint density at radius 2 is 2.43 bits per heavy atom. The molecule has 5 heteroatoms. The van der Waals surface area contributed by atoms with Crippen molar-refractivity contribution in [3.05, 3.63) is 19.9 Å². The van der Waals surface area contributed by atoms with E-state index >= 15 is 0 Å². The molecule has 0 amide bonds. The zero-order valence-corrected chi connectivity index (χ0v) is 10.6. The average Bonchev–Trinajstić information content (AvgIpc) is 2.71. The molecule has 0 saturated heterocycles. The lowest BCUT2D eigenvalue weighted by Gasteiger charge is -1.94.